The van der Waals surface area contributed by atoms with E-state index < -0.39 is 0 Å². The van der Waals surface area contributed by atoms with E-state index in [-0.39, 0.29) is 29.7 Å². The van der Waals surface area contributed by atoms with Crippen LogP contribution in [0.1, 0.15) is 80.2 Å². The van der Waals surface area contributed by atoms with Crippen molar-refractivity contribution >= 4 is 17.7 Å². The average molecular weight is 494 g/mol. The molecule has 2 aromatic carbocycles. The van der Waals surface area contributed by atoms with Crippen LogP contribution >= 0.6 is 0 Å². The molecule has 2 N–H and O–H groups in total. The molecule has 0 saturated carbocycles. The van der Waals surface area contributed by atoms with Crippen molar-refractivity contribution in [3.05, 3.63) is 71.3 Å². The summed E-state index contributed by atoms with van der Waals surface area (Å²) in [5, 5.41) is 6.13. The third-order valence-corrected chi connectivity index (χ3v) is 6.08. The lowest BCUT2D eigenvalue weighted by atomic mass is 9.95. The number of rotatable bonds is 14. The first-order chi connectivity index (χ1) is 17.2. The summed E-state index contributed by atoms with van der Waals surface area (Å²) >= 11 is 0. The van der Waals surface area contributed by atoms with Gasteiger partial charge in [0, 0.05) is 42.7 Å². The number of carbonyl (C=O) groups excluding carboxylic acids is 3. The number of hydrogen-bond donors (Lipinski definition) is 2. The van der Waals surface area contributed by atoms with Gasteiger partial charge in [-0.1, -0.05) is 71.0 Å². The Hall–Kier alpha value is -3.15. The molecule has 196 valence electrons. The molecule has 0 spiro atoms. The summed E-state index contributed by atoms with van der Waals surface area (Å²) in [6, 6.07) is 16.7. The molecule has 0 saturated heterocycles. The monoisotopic (exact) mass is 493 g/mol. The number of hydrogen-bond acceptors (Lipinski definition) is 3. The number of benzene rings is 2. The Labute approximate surface area is 216 Å². The molecule has 2 rings (SSSR count). The topological polar surface area (TPSA) is 78.5 Å². The quantitative estimate of drug-likeness (QED) is 0.385. The maximum atomic E-state index is 13.3. The highest BCUT2D eigenvalue weighted by molar-refractivity contribution is 5.99. The highest BCUT2D eigenvalue weighted by Gasteiger charge is 2.22. The Morgan fingerprint density at radius 3 is 2.11 bits per heavy atom. The molecule has 0 aliphatic rings. The van der Waals surface area contributed by atoms with Crippen LogP contribution in [0.15, 0.2) is 54.6 Å². The van der Waals surface area contributed by atoms with Crippen molar-refractivity contribution < 1.29 is 14.4 Å². The van der Waals surface area contributed by atoms with Gasteiger partial charge < -0.3 is 15.5 Å². The van der Waals surface area contributed by atoms with E-state index in [0.717, 1.165) is 18.4 Å². The lowest BCUT2D eigenvalue weighted by Gasteiger charge is -2.23. The number of nitrogens with one attached hydrogen (secondary N) is 2. The minimum atomic E-state index is -0.248. The molecule has 6 nitrogen and oxygen atoms in total. The molecular weight excluding hydrogens is 450 g/mol. The van der Waals surface area contributed by atoms with E-state index in [9.17, 15) is 14.4 Å². The second-order valence-corrected chi connectivity index (χ2v) is 10.0. The molecule has 0 fully saturated rings. The van der Waals surface area contributed by atoms with Gasteiger partial charge in [0.05, 0.1) is 0 Å². The fourth-order valence-electron chi connectivity index (χ4n) is 4.20. The summed E-state index contributed by atoms with van der Waals surface area (Å²) in [6.07, 6.45) is 2.91. The Kier molecular flexibility index (Phi) is 12.2. The Morgan fingerprint density at radius 1 is 0.861 bits per heavy atom. The highest BCUT2D eigenvalue weighted by Crippen LogP contribution is 2.15. The van der Waals surface area contributed by atoms with E-state index in [4.69, 9.17) is 0 Å². The van der Waals surface area contributed by atoms with Crippen molar-refractivity contribution in [2.24, 2.45) is 11.8 Å². The van der Waals surface area contributed by atoms with Crippen LogP contribution in [0.5, 0.6) is 0 Å². The summed E-state index contributed by atoms with van der Waals surface area (Å²) in [5.74, 6) is -0.165. The Balaban J connectivity index is 2.17. The molecule has 2 atom stereocenters. The summed E-state index contributed by atoms with van der Waals surface area (Å²) in [7, 11) is 0. The molecule has 0 radical (unpaired) electrons. The van der Waals surface area contributed by atoms with Gasteiger partial charge in [0.25, 0.3) is 11.8 Å². The van der Waals surface area contributed by atoms with Crippen LogP contribution in [-0.2, 0) is 11.2 Å². The normalized spacial score (nSPS) is 12.6. The van der Waals surface area contributed by atoms with E-state index >= 15 is 0 Å². The molecule has 0 aliphatic heterocycles. The minimum absolute atomic E-state index is 0.00413. The summed E-state index contributed by atoms with van der Waals surface area (Å²) < 4.78 is 0. The fourth-order valence-corrected chi connectivity index (χ4v) is 4.20. The van der Waals surface area contributed by atoms with Crippen molar-refractivity contribution in [1.82, 2.24) is 15.5 Å². The zero-order valence-electron chi connectivity index (χ0n) is 22.5. The molecule has 0 bridgehead atoms. The lowest BCUT2D eigenvalue weighted by molar-refractivity contribution is -0.125. The van der Waals surface area contributed by atoms with Crippen molar-refractivity contribution in [3.8, 4) is 0 Å². The highest BCUT2D eigenvalue weighted by atomic mass is 16.2. The maximum absolute atomic E-state index is 13.3. The van der Waals surface area contributed by atoms with Gasteiger partial charge in [0.15, 0.2) is 0 Å². The smallest absolute Gasteiger partial charge is 0.253 e. The van der Waals surface area contributed by atoms with E-state index in [1.54, 1.807) is 24.3 Å². The second kappa shape index (κ2) is 15.1. The third-order valence-electron chi connectivity index (χ3n) is 6.08. The van der Waals surface area contributed by atoms with E-state index in [2.05, 4.69) is 38.3 Å². The second-order valence-electron chi connectivity index (χ2n) is 10.0. The molecule has 6 heteroatoms. The molecular formula is C30H43N3O3. The molecule has 0 aromatic heterocycles. The first-order valence-corrected chi connectivity index (χ1v) is 13.3. The zero-order chi connectivity index (χ0) is 26.5. The van der Waals surface area contributed by atoms with Crippen LogP contribution < -0.4 is 10.6 Å². The van der Waals surface area contributed by atoms with Crippen molar-refractivity contribution in [1.29, 1.82) is 0 Å². The zero-order valence-corrected chi connectivity index (χ0v) is 22.5. The largest absolute Gasteiger partial charge is 0.356 e. The van der Waals surface area contributed by atoms with Crippen LogP contribution in [0.2, 0.25) is 0 Å². The van der Waals surface area contributed by atoms with Gasteiger partial charge in [0.2, 0.25) is 5.91 Å². The summed E-state index contributed by atoms with van der Waals surface area (Å²) in [4.78, 5) is 40.8. The predicted octanol–water partition coefficient (Wildman–Crippen LogP) is 5.09. The van der Waals surface area contributed by atoms with Crippen LogP contribution in [-0.4, -0.2) is 48.3 Å². The Morgan fingerprint density at radius 2 is 1.50 bits per heavy atom. The SMILES string of the molecule is CCCN(CCC)C(=O)c1cccc(C(=O)N[C@@H](Cc2ccccc2)CC(C)C(=O)NCC(C)C)c1. The van der Waals surface area contributed by atoms with Gasteiger partial charge in [-0.2, -0.15) is 0 Å². The Bertz CT molecular complexity index is 968. The molecule has 0 heterocycles. The number of amides is 3. The molecule has 36 heavy (non-hydrogen) atoms. The first kappa shape index (κ1) is 29.1. The molecule has 0 aliphatic carbocycles. The van der Waals surface area contributed by atoms with E-state index in [1.165, 1.54) is 0 Å². The van der Waals surface area contributed by atoms with Crippen LogP contribution in [0, 0.1) is 11.8 Å². The van der Waals surface area contributed by atoms with Crippen molar-refractivity contribution in [2.75, 3.05) is 19.6 Å². The number of carbonyl (C=O) groups is 3. The molecule has 3 amide bonds. The van der Waals surface area contributed by atoms with Gasteiger partial charge >= 0.3 is 0 Å². The summed E-state index contributed by atoms with van der Waals surface area (Å²) in [5.41, 5.74) is 2.06. The standard InChI is InChI=1S/C30H43N3O3/c1-6-16-33(17-7-2)30(36)26-15-11-14-25(20-26)29(35)32-27(19-24-12-9-8-10-13-24)18-23(5)28(34)31-21-22(3)4/h8-15,20,22-23,27H,6-7,16-19,21H2,1-5H3,(H,31,34)(H,32,35)/t23?,27-/m1/s1. The first-order valence-electron chi connectivity index (χ1n) is 13.3. The predicted molar refractivity (Wildman–Crippen MR) is 146 cm³/mol. The van der Waals surface area contributed by atoms with Gasteiger partial charge in [-0.05, 0) is 55.4 Å². The summed E-state index contributed by atoms with van der Waals surface area (Å²) in [6.45, 7) is 12.1. The van der Waals surface area contributed by atoms with Gasteiger partial charge in [0.1, 0.15) is 0 Å². The third kappa shape index (κ3) is 9.48. The van der Waals surface area contributed by atoms with Gasteiger partial charge in [-0.3, -0.25) is 14.4 Å². The van der Waals surface area contributed by atoms with Gasteiger partial charge in [-0.25, -0.2) is 0 Å². The van der Waals surface area contributed by atoms with E-state index in [1.807, 2.05) is 42.2 Å². The van der Waals surface area contributed by atoms with Crippen molar-refractivity contribution in [3.63, 3.8) is 0 Å². The van der Waals surface area contributed by atoms with Gasteiger partial charge in [-0.15, -0.1) is 0 Å². The van der Waals surface area contributed by atoms with E-state index in [0.29, 0.717) is 49.5 Å². The van der Waals surface area contributed by atoms with Crippen LogP contribution in [0.4, 0.5) is 0 Å². The lowest BCUT2D eigenvalue weighted by Crippen LogP contribution is -2.41. The van der Waals surface area contributed by atoms with Crippen molar-refractivity contribution in [2.45, 2.75) is 66.3 Å². The maximum Gasteiger partial charge on any atom is 0.253 e. The average Bonchev–Trinajstić information content (AvgIpc) is 2.87. The molecule has 2 aromatic rings. The fraction of sp³-hybridized carbons (Fsp3) is 0.500. The molecule has 1 unspecified atom stereocenters. The van der Waals surface area contributed by atoms with Crippen LogP contribution in [0.3, 0.4) is 0 Å². The number of nitrogens with zero attached hydrogens (tertiary/aromatic N) is 1. The van der Waals surface area contributed by atoms with Crippen LogP contribution in [0.25, 0.3) is 0 Å². The minimum Gasteiger partial charge on any atom is -0.356 e.